The number of hydrogen-bond donors (Lipinski definition) is 3. The topological polar surface area (TPSA) is 95.2 Å². The summed E-state index contributed by atoms with van der Waals surface area (Å²) in [5.41, 5.74) is -0.304. The molecule has 0 aliphatic carbocycles. The Balaban J connectivity index is 1.77. The second-order valence-electron chi connectivity index (χ2n) is 7.46. The summed E-state index contributed by atoms with van der Waals surface area (Å²) in [5.74, 6) is -0.460. The molecule has 3 N–H and O–H groups in total. The van der Waals surface area contributed by atoms with Gasteiger partial charge >= 0.3 is 5.69 Å². The number of ether oxygens (including phenoxy) is 1. The van der Waals surface area contributed by atoms with Gasteiger partial charge in [0.1, 0.15) is 23.0 Å². The standard InChI is InChI=1S/C21H23F3N6O2/c1-11(12-4-3-5-13(16(12)22)17(23)24)26-18-14-10-15(30-8-6-25-7-9-30)20(32-2)27-19(14)29-21(31)28-18/h3-5,10-11,17,25H,6-9H2,1-2H3,(H2,26,27,28,29,31)/t11-/m1/s1. The molecule has 4 rings (SSSR count). The fourth-order valence-electron chi connectivity index (χ4n) is 3.80. The van der Waals surface area contributed by atoms with E-state index >= 15 is 0 Å². The van der Waals surface area contributed by atoms with Gasteiger partial charge in [-0.25, -0.2) is 18.0 Å². The van der Waals surface area contributed by atoms with Gasteiger partial charge in [0.2, 0.25) is 5.88 Å². The second-order valence-corrected chi connectivity index (χ2v) is 7.46. The summed E-state index contributed by atoms with van der Waals surface area (Å²) in [5, 5.41) is 6.76. The molecule has 0 spiro atoms. The highest BCUT2D eigenvalue weighted by Gasteiger charge is 2.22. The molecule has 0 radical (unpaired) electrons. The van der Waals surface area contributed by atoms with E-state index in [0.29, 0.717) is 11.3 Å². The number of aromatic amines is 1. The van der Waals surface area contributed by atoms with Gasteiger partial charge in [-0.2, -0.15) is 9.97 Å². The number of methoxy groups -OCH3 is 1. The van der Waals surface area contributed by atoms with Gasteiger partial charge in [0.25, 0.3) is 6.43 Å². The number of pyridine rings is 1. The van der Waals surface area contributed by atoms with Crippen LogP contribution in [0.2, 0.25) is 0 Å². The molecule has 1 fully saturated rings. The van der Waals surface area contributed by atoms with Crippen molar-refractivity contribution >= 4 is 22.5 Å². The molecular formula is C21H23F3N6O2. The van der Waals surface area contributed by atoms with Crippen LogP contribution in [0.15, 0.2) is 29.1 Å². The minimum Gasteiger partial charge on any atom is -0.479 e. The SMILES string of the molecule is COc1nc2[nH]c(=O)nc(N[C@H](C)c3cccc(C(F)F)c3F)c2cc1N1CCNCC1. The minimum absolute atomic E-state index is 0.0434. The first kappa shape index (κ1) is 21.9. The van der Waals surface area contributed by atoms with Crippen molar-refractivity contribution < 1.29 is 17.9 Å². The third-order valence-electron chi connectivity index (χ3n) is 5.43. The predicted octanol–water partition coefficient (Wildman–Crippen LogP) is 2.99. The normalized spacial score (nSPS) is 15.2. The summed E-state index contributed by atoms with van der Waals surface area (Å²) in [7, 11) is 1.50. The average Bonchev–Trinajstić information content (AvgIpc) is 2.78. The van der Waals surface area contributed by atoms with Crippen molar-refractivity contribution in [2.45, 2.75) is 19.4 Å². The molecule has 0 bridgehead atoms. The van der Waals surface area contributed by atoms with Crippen LogP contribution in [0.1, 0.15) is 30.5 Å². The number of alkyl halides is 2. The lowest BCUT2D eigenvalue weighted by Crippen LogP contribution is -2.43. The Morgan fingerprint density at radius 2 is 1.91 bits per heavy atom. The number of hydrogen-bond acceptors (Lipinski definition) is 7. The summed E-state index contributed by atoms with van der Waals surface area (Å²) < 4.78 is 46.3. The van der Waals surface area contributed by atoms with Crippen molar-refractivity contribution in [3.63, 3.8) is 0 Å². The molecule has 0 amide bonds. The molecule has 0 saturated carbocycles. The van der Waals surface area contributed by atoms with Crippen molar-refractivity contribution in [1.82, 2.24) is 20.3 Å². The van der Waals surface area contributed by atoms with Crippen LogP contribution < -0.4 is 26.0 Å². The molecule has 170 valence electrons. The van der Waals surface area contributed by atoms with Crippen LogP contribution in [0.3, 0.4) is 0 Å². The zero-order chi connectivity index (χ0) is 22.8. The van der Waals surface area contributed by atoms with Crippen molar-refractivity contribution in [1.29, 1.82) is 0 Å². The average molecular weight is 448 g/mol. The van der Waals surface area contributed by atoms with E-state index in [4.69, 9.17) is 4.74 Å². The number of H-pyrrole nitrogens is 1. The van der Waals surface area contributed by atoms with Crippen LogP contribution in [0.5, 0.6) is 5.88 Å². The fourth-order valence-corrected chi connectivity index (χ4v) is 3.80. The zero-order valence-electron chi connectivity index (χ0n) is 17.6. The molecule has 1 aromatic carbocycles. The third-order valence-corrected chi connectivity index (χ3v) is 5.43. The Kier molecular flexibility index (Phi) is 6.17. The number of piperazine rings is 1. The molecule has 1 saturated heterocycles. The van der Waals surface area contributed by atoms with Crippen molar-refractivity contribution in [3.05, 3.63) is 51.7 Å². The summed E-state index contributed by atoms with van der Waals surface area (Å²) in [4.78, 5) is 25.2. The summed E-state index contributed by atoms with van der Waals surface area (Å²) in [6.45, 7) is 4.69. The molecule has 32 heavy (non-hydrogen) atoms. The Morgan fingerprint density at radius 1 is 1.19 bits per heavy atom. The van der Waals surface area contributed by atoms with E-state index in [1.807, 2.05) is 0 Å². The lowest BCUT2D eigenvalue weighted by molar-refractivity contribution is 0.146. The first-order valence-corrected chi connectivity index (χ1v) is 10.2. The molecule has 3 aromatic rings. The van der Waals surface area contributed by atoms with Crippen LogP contribution in [0, 0.1) is 5.82 Å². The number of aromatic nitrogens is 3. The lowest BCUT2D eigenvalue weighted by atomic mass is 10.0. The van der Waals surface area contributed by atoms with Gasteiger partial charge < -0.3 is 20.3 Å². The van der Waals surface area contributed by atoms with E-state index in [1.54, 1.807) is 13.0 Å². The number of halogens is 3. The number of nitrogens with one attached hydrogen (secondary N) is 3. The quantitative estimate of drug-likeness (QED) is 0.534. The third kappa shape index (κ3) is 4.20. The molecule has 1 aliphatic rings. The fraction of sp³-hybridized carbons (Fsp3) is 0.381. The van der Waals surface area contributed by atoms with Crippen LogP contribution in [0.4, 0.5) is 24.7 Å². The summed E-state index contributed by atoms with van der Waals surface area (Å²) in [6, 6.07) is 4.90. The smallest absolute Gasteiger partial charge is 0.348 e. The summed E-state index contributed by atoms with van der Waals surface area (Å²) in [6.07, 6.45) is -2.93. The van der Waals surface area contributed by atoms with Gasteiger partial charge in [-0.05, 0) is 13.0 Å². The van der Waals surface area contributed by atoms with Gasteiger partial charge in [0.15, 0.2) is 0 Å². The van der Waals surface area contributed by atoms with Gasteiger partial charge in [0, 0.05) is 31.7 Å². The highest BCUT2D eigenvalue weighted by Crippen LogP contribution is 2.34. The molecule has 8 nitrogen and oxygen atoms in total. The highest BCUT2D eigenvalue weighted by atomic mass is 19.3. The highest BCUT2D eigenvalue weighted by molar-refractivity contribution is 5.90. The minimum atomic E-state index is -2.93. The van der Waals surface area contributed by atoms with Gasteiger partial charge in [-0.15, -0.1) is 0 Å². The Labute approximate surface area is 181 Å². The molecule has 0 unspecified atom stereocenters. The number of fused-ring (bicyclic) bond motifs is 1. The van der Waals surface area contributed by atoms with Crippen LogP contribution >= 0.6 is 0 Å². The zero-order valence-corrected chi connectivity index (χ0v) is 17.6. The molecular weight excluding hydrogens is 425 g/mol. The molecule has 3 heterocycles. The summed E-state index contributed by atoms with van der Waals surface area (Å²) >= 11 is 0. The van der Waals surface area contributed by atoms with Crippen molar-refractivity contribution in [3.8, 4) is 5.88 Å². The van der Waals surface area contributed by atoms with E-state index in [9.17, 15) is 18.0 Å². The van der Waals surface area contributed by atoms with E-state index < -0.39 is 29.5 Å². The number of benzene rings is 1. The molecule has 2 aromatic heterocycles. The van der Waals surface area contributed by atoms with Gasteiger partial charge in [0.05, 0.1) is 24.1 Å². The molecule has 1 atom stereocenters. The van der Waals surface area contributed by atoms with E-state index in [-0.39, 0.29) is 17.0 Å². The molecule has 1 aliphatic heterocycles. The van der Waals surface area contributed by atoms with Gasteiger partial charge in [-0.1, -0.05) is 18.2 Å². The number of anilines is 2. The molecule has 11 heteroatoms. The van der Waals surface area contributed by atoms with Crippen LogP contribution in [0.25, 0.3) is 11.0 Å². The van der Waals surface area contributed by atoms with E-state index in [1.165, 1.54) is 19.2 Å². The Hall–Kier alpha value is -3.34. The second kappa shape index (κ2) is 9.03. The first-order chi connectivity index (χ1) is 15.4. The monoisotopic (exact) mass is 448 g/mol. The Bertz CT molecular complexity index is 1180. The first-order valence-electron chi connectivity index (χ1n) is 10.2. The Morgan fingerprint density at radius 3 is 2.59 bits per heavy atom. The predicted molar refractivity (Wildman–Crippen MR) is 115 cm³/mol. The maximum atomic E-state index is 14.6. The number of nitrogens with zero attached hydrogens (tertiary/aromatic N) is 3. The lowest BCUT2D eigenvalue weighted by Gasteiger charge is -2.30. The maximum Gasteiger partial charge on any atom is 0.348 e. The van der Waals surface area contributed by atoms with Crippen molar-refractivity contribution in [2.75, 3.05) is 43.5 Å². The van der Waals surface area contributed by atoms with Crippen LogP contribution in [-0.4, -0.2) is 48.2 Å². The van der Waals surface area contributed by atoms with E-state index in [2.05, 4.69) is 30.5 Å². The number of rotatable bonds is 6. The van der Waals surface area contributed by atoms with E-state index in [0.717, 1.165) is 37.9 Å². The maximum absolute atomic E-state index is 14.6. The largest absolute Gasteiger partial charge is 0.479 e. The van der Waals surface area contributed by atoms with Crippen molar-refractivity contribution in [2.24, 2.45) is 0 Å². The van der Waals surface area contributed by atoms with Gasteiger partial charge in [-0.3, -0.25) is 4.98 Å². The van der Waals surface area contributed by atoms with Crippen LogP contribution in [-0.2, 0) is 0 Å².